The number of hydrogen-bond donors (Lipinski definition) is 3. The van der Waals surface area contributed by atoms with Crippen LogP contribution in [-0.4, -0.2) is 33.2 Å². The predicted molar refractivity (Wildman–Crippen MR) is 113 cm³/mol. The number of hydrogen-bond acceptors (Lipinski definition) is 6. The van der Waals surface area contributed by atoms with E-state index in [0.717, 1.165) is 10.4 Å². The lowest BCUT2D eigenvalue weighted by atomic mass is 10.1. The van der Waals surface area contributed by atoms with Gasteiger partial charge in [0, 0.05) is 0 Å². The van der Waals surface area contributed by atoms with Crippen LogP contribution in [-0.2, 0) is 9.59 Å². The molecule has 0 aliphatic carbocycles. The van der Waals surface area contributed by atoms with Crippen molar-refractivity contribution >= 4 is 41.1 Å². The molecule has 29 heavy (non-hydrogen) atoms. The van der Waals surface area contributed by atoms with E-state index >= 15 is 0 Å². The van der Waals surface area contributed by atoms with Gasteiger partial charge in [-0.15, -0.1) is 11.3 Å². The zero-order valence-electron chi connectivity index (χ0n) is 15.8. The van der Waals surface area contributed by atoms with Gasteiger partial charge in [-0.05, 0) is 55.2 Å². The highest BCUT2D eigenvalue weighted by molar-refractivity contribution is 7.71. The minimum absolute atomic E-state index is 0.00799. The second kappa shape index (κ2) is 7.80. The monoisotopic (exact) mass is 429 g/mol. The number of fused-ring (bicyclic) bond motifs is 1. The molecule has 0 spiro atoms. The number of nitrogens with one attached hydrogen (secondary N) is 3. The Hall–Kier alpha value is -2.98. The number of benzene rings is 1. The molecular weight excluding hydrogens is 410 g/mol. The fourth-order valence-electron chi connectivity index (χ4n) is 3.15. The van der Waals surface area contributed by atoms with Crippen LogP contribution >= 0.6 is 23.6 Å². The third-order valence-electron chi connectivity index (χ3n) is 4.71. The maximum atomic E-state index is 12.9. The maximum Gasteiger partial charge on any atom is 0.262 e. The zero-order valence-corrected chi connectivity index (χ0v) is 17.4. The zero-order chi connectivity index (χ0) is 20.5. The van der Waals surface area contributed by atoms with E-state index in [4.69, 9.17) is 17.0 Å². The van der Waals surface area contributed by atoms with E-state index in [2.05, 4.69) is 20.8 Å². The van der Waals surface area contributed by atoms with E-state index in [1.165, 1.54) is 11.3 Å². The van der Waals surface area contributed by atoms with Gasteiger partial charge in [0.15, 0.2) is 17.2 Å². The molecule has 0 saturated carbocycles. The highest BCUT2D eigenvalue weighted by Gasteiger charge is 2.24. The molecule has 0 radical (unpaired) electrons. The largest absolute Gasteiger partial charge is 0.482 e. The van der Waals surface area contributed by atoms with E-state index in [0.29, 0.717) is 22.0 Å². The van der Waals surface area contributed by atoms with Crippen molar-refractivity contribution in [2.24, 2.45) is 0 Å². The summed E-state index contributed by atoms with van der Waals surface area (Å²) >= 11 is 6.87. The van der Waals surface area contributed by atoms with Gasteiger partial charge in [-0.3, -0.25) is 19.3 Å². The molecule has 2 atom stereocenters. The molecule has 10 heteroatoms. The molecule has 3 heterocycles. The SMILES string of the molecule is CC(NC(=O)C(C)n1c(-c2cccs2)n[nH]c1=S)c1ccc2c(c1)NC(=O)CO2. The second-order valence-corrected chi connectivity index (χ2v) is 8.03. The van der Waals surface area contributed by atoms with Gasteiger partial charge >= 0.3 is 0 Å². The van der Waals surface area contributed by atoms with E-state index in [1.807, 2.05) is 36.6 Å². The number of aromatic nitrogens is 3. The molecule has 3 aromatic rings. The van der Waals surface area contributed by atoms with Crippen molar-refractivity contribution in [3.8, 4) is 16.5 Å². The first-order valence-electron chi connectivity index (χ1n) is 9.02. The van der Waals surface area contributed by atoms with E-state index in [-0.39, 0.29) is 24.5 Å². The summed E-state index contributed by atoms with van der Waals surface area (Å²) in [6.07, 6.45) is 0. The number of ether oxygens (including phenoxy) is 1. The van der Waals surface area contributed by atoms with Crippen LogP contribution < -0.4 is 15.4 Å². The van der Waals surface area contributed by atoms with Gasteiger partial charge < -0.3 is 15.4 Å². The van der Waals surface area contributed by atoms with Crippen LogP contribution in [0.5, 0.6) is 5.75 Å². The number of amides is 2. The fraction of sp³-hybridized carbons (Fsp3) is 0.263. The molecule has 3 N–H and O–H groups in total. The van der Waals surface area contributed by atoms with Crippen molar-refractivity contribution in [3.05, 3.63) is 46.0 Å². The van der Waals surface area contributed by atoms with Crippen molar-refractivity contribution in [1.29, 1.82) is 0 Å². The van der Waals surface area contributed by atoms with Crippen molar-refractivity contribution in [2.75, 3.05) is 11.9 Å². The van der Waals surface area contributed by atoms with Gasteiger partial charge in [0.05, 0.1) is 16.6 Å². The Balaban J connectivity index is 1.53. The van der Waals surface area contributed by atoms with Crippen molar-refractivity contribution in [3.63, 3.8) is 0 Å². The number of nitrogens with zero attached hydrogens (tertiary/aromatic N) is 2. The molecule has 1 aliphatic rings. The summed E-state index contributed by atoms with van der Waals surface area (Å²) in [5, 5.41) is 14.8. The van der Waals surface area contributed by atoms with Gasteiger partial charge in [0.2, 0.25) is 5.91 Å². The Labute approximate surface area is 175 Å². The van der Waals surface area contributed by atoms with Crippen molar-refractivity contribution in [2.45, 2.75) is 25.9 Å². The number of aromatic amines is 1. The topological polar surface area (TPSA) is 101 Å². The Kier molecular flexibility index (Phi) is 5.20. The first-order valence-corrected chi connectivity index (χ1v) is 10.3. The molecule has 2 aromatic heterocycles. The molecule has 1 aromatic carbocycles. The number of carbonyl (C=O) groups excluding carboxylic acids is 2. The molecule has 0 bridgehead atoms. The van der Waals surface area contributed by atoms with E-state index in [9.17, 15) is 9.59 Å². The van der Waals surface area contributed by atoms with Gasteiger partial charge in [-0.2, -0.15) is 5.10 Å². The number of rotatable bonds is 5. The standard InChI is InChI=1S/C19H19N5O3S2/c1-10(12-5-6-14-13(8-12)21-16(25)9-27-14)20-18(26)11(2)24-17(22-23-19(24)28)15-4-3-7-29-15/h3-8,10-11H,9H2,1-2H3,(H,20,26)(H,21,25)(H,23,28). The van der Waals surface area contributed by atoms with Crippen LogP contribution in [0.2, 0.25) is 0 Å². The van der Waals surface area contributed by atoms with Crippen LogP contribution in [0, 0.1) is 4.77 Å². The van der Waals surface area contributed by atoms with E-state index < -0.39 is 6.04 Å². The lowest BCUT2D eigenvalue weighted by Crippen LogP contribution is -2.33. The summed E-state index contributed by atoms with van der Waals surface area (Å²) in [6.45, 7) is 3.67. The Bertz CT molecular complexity index is 1120. The third kappa shape index (κ3) is 3.81. The maximum absolute atomic E-state index is 12.9. The highest BCUT2D eigenvalue weighted by atomic mass is 32.1. The molecule has 150 valence electrons. The Morgan fingerprint density at radius 2 is 2.21 bits per heavy atom. The number of thiophene rings is 1. The van der Waals surface area contributed by atoms with Gasteiger partial charge in [0.1, 0.15) is 11.8 Å². The summed E-state index contributed by atoms with van der Waals surface area (Å²) in [5.74, 6) is 0.862. The molecule has 4 rings (SSSR count). The van der Waals surface area contributed by atoms with E-state index in [1.54, 1.807) is 17.6 Å². The van der Waals surface area contributed by atoms with Crippen molar-refractivity contribution in [1.82, 2.24) is 20.1 Å². The molecule has 2 unspecified atom stereocenters. The van der Waals surface area contributed by atoms with Crippen LogP contribution in [0.4, 0.5) is 5.69 Å². The number of carbonyl (C=O) groups is 2. The smallest absolute Gasteiger partial charge is 0.262 e. The Morgan fingerprint density at radius 1 is 1.38 bits per heavy atom. The normalized spacial score (nSPS) is 15.0. The van der Waals surface area contributed by atoms with Gasteiger partial charge in [0.25, 0.3) is 5.91 Å². The van der Waals surface area contributed by atoms with Crippen LogP contribution in [0.3, 0.4) is 0 Å². The molecule has 2 amide bonds. The summed E-state index contributed by atoms with van der Waals surface area (Å²) in [7, 11) is 0. The summed E-state index contributed by atoms with van der Waals surface area (Å²) in [5.41, 5.74) is 1.45. The van der Waals surface area contributed by atoms with Gasteiger partial charge in [-0.25, -0.2) is 0 Å². The summed E-state index contributed by atoms with van der Waals surface area (Å²) in [6, 6.07) is 8.49. The first-order chi connectivity index (χ1) is 13.9. The molecule has 8 nitrogen and oxygen atoms in total. The minimum Gasteiger partial charge on any atom is -0.482 e. The minimum atomic E-state index is -0.554. The average molecular weight is 430 g/mol. The predicted octanol–water partition coefficient (Wildman–Crippen LogP) is 3.44. The average Bonchev–Trinajstić information content (AvgIpc) is 3.36. The lowest BCUT2D eigenvalue weighted by Gasteiger charge is -2.22. The second-order valence-electron chi connectivity index (χ2n) is 6.70. The highest BCUT2D eigenvalue weighted by Crippen LogP contribution is 2.31. The summed E-state index contributed by atoms with van der Waals surface area (Å²) in [4.78, 5) is 25.4. The van der Waals surface area contributed by atoms with Crippen molar-refractivity contribution < 1.29 is 14.3 Å². The summed E-state index contributed by atoms with van der Waals surface area (Å²) < 4.78 is 7.48. The molecular formula is C19H19N5O3S2. The number of anilines is 1. The van der Waals surface area contributed by atoms with Crippen LogP contribution in [0.1, 0.15) is 31.5 Å². The number of H-pyrrole nitrogens is 1. The quantitative estimate of drug-likeness (QED) is 0.540. The Morgan fingerprint density at radius 3 is 2.97 bits per heavy atom. The third-order valence-corrected chi connectivity index (χ3v) is 5.86. The van der Waals surface area contributed by atoms with Crippen LogP contribution in [0.25, 0.3) is 10.7 Å². The van der Waals surface area contributed by atoms with Crippen LogP contribution in [0.15, 0.2) is 35.7 Å². The molecule has 0 fully saturated rings. The fourth-order valence-corrected chi connectivity index (χ4v) is 4.15. The molecule has 1 aliphatic heterocycles. The first kappa shape index (κ1) is 19.3. The van der Waals surface area contributed by atoms with Gasteiger partial charge in [-0.1, -0.05) is 12.1 Å². The lowest BCUT2D eigenvalue weighted by molar-refractivity contribution is -0.124. The molecule has 0 saturated heterocycles.